The Morgan fingerprint density at radius 2 is 2.35 bits per heavy atom. The van der Waals surface area contributed by atoms with Gasteiger partial charge in [0.2, 0.25) is 0 Å². The molecule has 7 heteroatoms. The lowest BCUT2D eigenvalue weighted by Gasteiger charge is -2.27. The van der Waals surface area contributed by atoms with Crippen LogP contribution in [0.5, 0.6) is 0 Å². The summed E-state index contributed by atoms with van der Waals surface area (Å²) in [7, 11) is 3.34. The number of rotatable bonds is 5. The lowest BCUT2D eigenvalue weighted by Crippen LogP contribution is -2.33. The fraction of sp³-hybridized carbons (Fsp3) is 0.538. The van der Waals surface area contributed by atoms with Gasteiger partial charge in [-0.1, -0.05) is 11.6 Å². The molecule has 1 N–H and O–H groups in total. The molecule has 1 aromatic carbocycles. The molecule has 1 aliphatic heterocycles. The Balaban J connectivity index is 2.39. The van der Waals surface area contributed by atoms with E-state index in [1.54, 1.807) is 20.2 Å². The number of nitrogens with zero attached hydrogens (tertiary/aromatic N) is 2. The maximum Gasteiger partial charge on any atom is 0.293 e. The minimum atomic E-state index is -0.432. The number of methoxy groups -OCH3 is 1. The van der Waals surface area contributed by atoms with E-state index in [1.807, 2.05) is 0 Å². The number of hydrogen-bond acceptors (Lipinski definition) is 5. The van der Waals surface area contributed by atoms with Gasteiger partial charge in [-0.25, -0.2) is 0 Å². The van der Waals surface area contributed by atoms with E-state index in [4.69, 9.17) is 16.3 Å². The predicted molar refractivity (Wildman–Crippen MR) is 79.9 cm³/mol. The molecule has 1 aliphatic rings. The molecule has 1 unspecified atom stereocenters. The van der Waals surface area contributed by atoms with E-state index >= 15 is 0 Å². The van der Waals surface area contributed by atoms with Gasteiger partial charge in [-0.3, -0.25) is 10.1 Å². The van der Waals surface area contributed by atoms with Crippen molar-refractivity contribution in [2.75, 3.05) is 37.5 Å². The van der Waals surface area contributed by atoms with Gasteiger partial charge in [0, 0.05) is 26.8 Å². The summed E-state index contributed by atoms with van der Waals surface area (Å²) in [6.07, 6.45) is 2.10. The highest BCUT2D eigenvalue weighted by Crippen LogP contribution is 2.38. The molecule has 0 aromatic heterocycles. The number of benzene rings is 1. The van der Waals surface area contributed by atoms with Crippen molar-refractivity contribution in [2.45, 2.75) is 18.9 Å². The van der Waals surface area contributed by atoms with Gasteiger partial charge < -0.3 is 15.0 Å². The second-order valence-corrected chi connectivity index (χ2v) is 5.18. The van der Waals surface area contributed by atoms with E-state index in [2.05, 4.69) is 10.2 Å². The van der Waals surface area contributed by atoms with Crippen LogP contribution >= 0.6 is 11.6 Å². The van der Waals surface area contributed by atoms with Crippen LogP contribution in [0.15, 0.2) is 12.1 Å². The molecule has 1 fully saturated rings. The zero-order chi connectivity index (χ0) is 14.7. The molecule has 0 radical (unpaired) electrons. The first-order valence-electron chi connectivity index (χ1n) is 6.49. The number of hydrogen-bond donors (Lipinski definition) is 1. The Kier molecular flexibility index (Phi) is 4.67. The number of nitro groups is 1. The molecule has 0 spiro atoms. The molecular formula is C13H18ClN3O3. The predicted octanol–water partition coefficient (Wildman–Crippen LogP) is 2.91. The molecule has 1 heterocycles. The third-order valence-corrected chi connectivity index (χ3v) is 3.88. The quantitative estimate of drug-likeness (QED) is 0.669. The minimum Gasteiger partial charge on any atom is -0.383 e. The van der Waals surface area contributed by atoms with E-state index in [1.165, 1.54) is 6.07 Å². The normalized spacial score (nSPS) is 18.4. The third kappa shape index (κ3) is 2.81. The molecule has 1 saturated heterocycles. The molecule has 1 aromatic rings. The van der Waals surface area contributed by atoms with Gasteiger partial charge in [-0.15, -0.1) is 0 Å². The van der Waals surface area contributed by atoms with Crippen LogP contribution in [0, 0.1) is 10.1 Å². The van der Waals surface area contributed by atoms with Crippen LogP contribution in [-0.2, 0) is 4.74 Å². The first-order chi connectivity index (χ1) is 9.58. The smallest absolute Gasteiger partial charge is 0.293 e. The summed E-state index contributed by atoms with van der Waals surface area (Å²) in [5.41, 5.74) is 1.28. The molecule has 0 amide bonds. The summed E-state index contributed by atoms with van der Waals surface area (Å²) in [6, 6.07) is 3.42. The van der Waals surface area contributed by atoms with Crippen LogP contribution in [0.2, 0.25) is 5.02 Å². The summed E-state index contributed by atoms with van der Waals surface area (Å²) in [6.45, 7) is 1.51. The van der Waals surface area contributed by atoms with Crippen molar-refractivity contribution in [2.24, 2.45) is 0 Å². The molecular weight excluding hydrogens is 282 g/mol. The molecule has 2 rings (SSSR count). The van der Waals surface area contributed by atoms with Crippen LogP contribution in [0.4, 0.5) is 17.1 Å². The van der Waals surface area contributed by atoms with Crippen molar-refractivity contribution in [1.29, 1.82) is 0 Å². The maximum absolute atomic E-state index is 11.0. The average molecular weight is 300 g/mol. The molecule has 20 heavy (non-hydrogen) atoms. The Labute approximate surface area is 122 Å². The van der Waals surface area contributed by atoms with Gasteiger partial charge in [0.15, 0.2) is 0 Å². The van der Waals surface area contributed by atoms with Crippen LogP contribution in [-0.4, -0.2) is 38.3 Å². The standard InChI is InChI=1S/C13H18ClN3O3/c1-15-11-7-12(10(14)6-13(11)17(18)19)16-5-3-4-9(16)8-20-2/h6-7,9,15H,3-5,8H2,1-2H3. The number of nitro benzene ring substituents is 1. The molecule has 0 bridgehead atoms. The maximum atomic E-state index is 11.0. The second kappa shape index (κ2) is 6.28. The molecule has 0 aliphatic carbocycles. The van der Waals surface area contributed by atoms with Crippen LogP contribution in [0.25, 0.3) is 0 Å². The van der Waals surface area contributed by atoms with E-state index in [-0.39, 0.29) is 11.7 Å². The van der Waals surface area contributed by atoms with Gasteiger partial charge in [0.25, 0.3) is 5.69 Å². The first-order valence-corrected chi connectivity index (χ1v) is 6.87. The summed E-state index contributed by atoms with van der Waals surface area (Å²) >= 11 is 6.23. The lowest BCUT2D eigenvalue weighted by molar-refractivity contribution is -0.383. The van der Waals surface area contributed by atoms with E-state index in [0.717, 1.165) is 25.1 Å². The van der Waals surface area contributed by atoms with Gasteiger partial charge in [-0.2, -0.15) is 0 Å². The third-order valence-electron chi connectivity index (χ3n) is 3.58. The van der Waals surface area contributed by atoms with Crippen molar-refractivity contribution in [3.63, 3.8) is 0 Å². The first kappa shape index (κ1) is 14.9. The summed E-state index contributed by atoms with van der Waals surface area (Å²) < 4.78 is 5.23. The minimum absolute atomic E-state index is 0.0104. The highest BCUT2D eigenvalue weighted by Gasteiger charge is 2.28. The molecule has 1 atom stereocenters. The molecule has 6 nitrogen and oxygen atoms in total. The van der Waals surface area contributed by atoms with Crippen molar-refractivity contribution in [3.8, 4) is 0 Å². The molecule has 0 saturated carbocycles. The summed E-state index contributed by atoms with van der Waals surface area (Å²) in [5.74, 6) is 0. The summed E-state index contributed by atoms with van der Waals surface area (Å²) in [4.78, 5) is 12.7. The van der Waals surface area contributed by atoms with Gasteiger partial charge in [0.1, 0.15) is 5.69 Å². The average Bonchev–Trinajstić information content (AvgIpc) is 2.87. The Morgan fingerprint density at radius 1 is 1.60 bits per heavy atom. The largest absolute Gasteiger partial charge is 0.383 e. The van der Waals surface area contributed by atoms with Crippen LogP contribution in [0.1, 0.15) is 12.8 Å². The van der Waals surface area contributed by atoms with E-state index in [9.17, 15) is 10.1 Å². The van der Waals surface area contributed by atoms with Crippen LogP contribution in [0.3, 0.4) is 0 Å². The fourth-order valence-electron chi connectivity index (χ4n) is 2.64. The highest BCUT2D eigenvalue weighted by atomic mass is 35.5. The number of halogens is 1. The molecule has 110 valence electrons. The Morgan fingerprint density at radius 3 is 2.95 bits per heavy atom. The van der Waals surface area contributed by atoms with Gasteiger partial charge in [-0.05, 0) is 18.9 Å². The van der Waals surface area contributed by atoms with Crippen LogP contribution < -0.4 is 10.2 Å². The zero-order valence-electron chi connectivity index (χ0n) is 11.6. The number of ether oxygens (including phenoxy) is 1. The topological polar surface area (TPSA) is 67.6 Å². The highest BCUT2D eigenvalue weighted by molar-refractivity contribution is 6.33. The Hall–Kier alpha value is -1.53. The Bertz CT molecular complexity index is 510. The van der Waals surface area contributed by atoms with Crippen molar-refractivity contribution < 1.29 is 9.66 Å². The zero-order valence-corrected chi connectivity index (χ0v) is 12.3. The van der Waals surface area contributed by atoms with Crippen molar-refractivity contribution >= 4 is 28.7 Å². The van der Waals surface area contributed by atoms with Crippen molar-refractivity contribution in [1.82, 2.24) is 0 Å². The fourth-order valence-corrected chi connectivity index (χ4v) is 2.91. The van der Waals surface area contributed by atoms with E-state index < -0.39 is 4.92 Å². The summed E-state index contributed by atoms with van der Waals surface area (Å²) in [5, 5.41) is 14.3. The van der Waals surface area contributed by atoms with Gasteiger partial charge in [0.05, 0.1) is 28.3 Å². The van der Waals surface area contributed by atoms with E-state index in [0.29, 0.717) is 17.3 Å². The number of anilines is 2. The number of nitrogens with one attached hydrogen (secondary N) is 1. The van der Waals surface area contributed by atoms with Crippen molar-refractivity contribution in [3.05, 3.63) is 27.3 Å². The second-order valence-electron chi connectivity index (χ2n) is 4.77. The monoisotopic (exact) mass is 299 g/mol. The SMILES string of the molecule is CNc1cc(N2CCCC2COC)c(Cl)cc1[N+](=O)[O-]. The lowest BCUT2D eigenvalue weighted by atomic mass is 10.2. The van der Waals surface area contributed by atoms with Gasteiger partial charge >= 0.3 is 0 Å².